The molecule has 15 heavy (non-hydrogen) atoms. The summed E-state index contributed by atoms with van der Waals surface area (Å²) >= 11 is 3.22. The molecule has 0 aromatic heterocycles. The van der Waals surface area contributed by atoms with Crippen LogP contribution in [0.25, 0.3) is 0 Å². The number of aliphatic imine (C=N–C) groups is 2. The second-order valence-corrected chi connectivity index (χ2v) is 3.17. The number of ether oxygens (including phenoxy) is 1. The number of nitrogens with zero attached hydrogens (tertiary/aromatic N) is 4. The molecular weight excluding hydrogens is 260 g/mol. The molecule has 0 N–H and O–H groups in total. The standard InChI is InChI=1S/C9H5BrN4O/c1-15-9-7(14-5-12)3-2-6(8(9)10)13-4-11/h2-3H,1H3. The largest absolute Gasteiger partial charge is 0.493 e. The predicted molar refractivity (Wildman–Crippen MR) is 58.2 cm³/mol. The second-order valence-electron chi connectivity index (χ2n) is 2.37. The van der Waals surface area contributed by atoms with E-state index in [9.17, 15) is 0 Å². The molecule has 1 aliphatic carbocycles. The summed E-state index contributed by atoms with van der Waals surface area (Å²) in [5.41, 5.74) is 0.829. The van der Waals surface area contributed by atoms with Crippen LogP contribution in [0.3, 0.4) is 0 Å². The molecule has 0 spiro atoms. The first-order chi connectivity index (χ1) is 7.24. The Labute approximate surface area is 94.8 Å². The molecule has 0 radical (unpaired) electrons. The average Bonchev–Trinajstić information content (AvgIpc) is 2.23. The molecule has 6 heteroatoms. The van der Waals surface area contributed by atoms with Crippen LogP contribution < -0.4 is 0 Å². The summed E-state index contributed by atoms with van der Waals surface area (Å²) in [5, 5.41) is 16.9. The van der Waals surface area contributed by atoms with Crippen molar-refractivity contribution < 1.29 is 4.74 Å². The number of hydrogen-bond donors (Lipinski definition) is 0. The molecule has 0 saturated carbocycles. The van der Waals surface area contributed by atoms with Crippen molar-refractivity contribution in [3.63, 3.8) is 0 Å². The zero-order valence-electron chi connectivity index (χ0n) is 7.73. The van der Waals surface area contributed by atoms with Gasteiger partial charge in [0, 0.05) is 0 Å². The number of allylic oxidation sites excluding steroid dienone is 3. The summed E-state index contributed by atoms with van der Waals surface area (Å²) in [7, 11) is 1.45. The lowest BCUT2D eigenvalue weighted by molar-refractivity contribution is 0.315. The van der Waals surface area contributed by atoms with Gasteiger partial charge in [-0.05, 0) is 28.1 Å². The summed E-state index contributed by atoms with van der Waals surface area (Å²) in [6.07, 6.45) is 6.47. The zero-order valence-corrected chi connectivity index (χ0v) is 9.32. The highest BCUT2D eigenvalue weighted by molar-refractivity contribution is 9.12. The molecule has 0 fully saturated rings. The van der Waals surface area contributed by atoms with Crippen LogP contribution in [-0.2, 0) is 4.74 Å². The molecular formula is C9H5BrN4O. The maximum Gasteiger partial charge on any atom is 0.206 e. The molecule has 0 aromatic rings. The number of methoxy groups -OCH3 is 1. The van der Waals surface area contributed by atoms with E-state index in [0.717, 1.165) is 0 Å². The number of halogens is 1. The number of hydrogen-bond acceptors (Lipinski definition) is 5. The van der Waals surface area contributed by atoms with Crippen molar-refractivity contribution >= 4 is 27.4 Å². The molecule has 1 rings (SSSR count). The van der Waals surface area contributed by atoms with Gasteiger partial charge in [0.15, 0.2) is 5.76 Å². The predicted octanol–water partition coefficient (Wildman–Crippen LogP) is 1.65. The van der Waals surface area contributed by atoms with E-state index in [2.05, 4.69) is 25.9 Å². The number of nitriles is 2. The molecule has 74 valence electrons. The first-order valence-corrected chi connectivity index (χ1v) is 4.60. The Morgan fingerprint density at radius 2 is 1.73 bits per heavy atom. The van der Waals surface area contributed by atoms with Crippen LogP contribution in [0.1, 0.15) is 0 Å². The molecule has 0 atom stereocenters. The van der Waals surface area contributed by atoms with E-state index in [1.54, 1.807) is 24.5 Å². The van der Waals surface area contributed by atoms with Crippen molar-refractivity contribution in [2.24, 2.45) is 9.98 Å². The van der Waals surface area contributed by atoms with Crippen LogP contribution in [0.15, 0.2) is 32.4 Å². The molecule has 0 saturated heterocycles. The van der Waals surface area contributed by atoms with Gasteiger partial charge in [0.1, 0.15) is 5.71 Å². The molecule has 0 amide bonds. The fourth-order valence-corrected chi connectivity index (χ4v) is 1.60. The molecule has 0 aromatic carbocycles. The quantitative estimate of drug-likeness (QED) is 0.534. The minimum absolute atomic E-state index is 0.382. The van der Waals surface area contributed by atoms with Crippen LogP contribution in [0.5, 0.6) is 0 Å². The third-order valence-corrected chi connectivity index (χ3v) is 2.37. The van der Waals surface area contributed by atoms with E-state index >= 15 is 0 Å². The lowest BCUT2D eigenvalue weighted by Gasteiger charge is -2.12. The Morgan fingerprint density at radius 1 is 1.20 bits per heavy atom. The van der Waals surface area contributed by atoms with Gasteiger partial charge in [-0.15, -0.1) is 0 Å². The van der Waals surface area contributed by atoms with Gasteiger partial charge in [-0.25, -0.2) is 0 Å². The van der Waals surface area contributed by atoms with Crippen LogP contribution in [0.4, 0.5) is 0 Å². The van der Waals surface area contributed by atoms with Crippen molar-refractivity contribution in [3.05, 3.63) is 22.4 Å². The van der Waals surface area contributed by atoms with Crippen molar-refractivity contribution in [2.75, 3.05) is 7.11 Å². The minimum Gasteiger partial charge on any atom is -0.493 e. The third kappa shape index (κ3) is 2.30. The fraction of sp³-hybridized carbons (Fsp3) is 0.111. The fourth-order valence-electron chi connectivity index (χ4n) is 1.01. The van der Waals surface area contributed by atoms with Gasteiger partial charge < -0.3 is 4.74 Å². The van der Waals surface area contributed by atoms with Gasteiger partial charge in [0.05, 0.1) is 17.3 Å². The van der Waals surface area contributed by atoms with Crippen molar-refractivity contribution in [2.45, 2.75) is 0 Å². The Balaban J connectivity index is 3.26. The summed E-state index contributed by atoms with van der Waals surface area (Å²) in [4.78, 5) is 7.14. The van der Waals surface area contributed by atoms with Crippen LogP contribution >= 0.6 is 15.9 Å². The molecule has 0 aliphatic heterocycles. The topological polar surface area (TPSA) is 81.5 Å². The lowest BCUT2D eigenvalue weighted by Crippen LogP contribution is -2.13. The maximum absolute atomic E-state index is 8.44. The normalized spacial score (nSPS) is 20.3. The smallest absolute Gasteiger partial charge is 0.206 e. The summed E-state index contributed by atoms with van der Waals surface area (Å²) in [5.74, 6) is 0.382. The zero-order chi connectivity index (χ0) is 11.3. The lowest BCUT2D eigenvalue weighted by atomic mass is 10.1. The Bertz CT molecular complexity index is 473. The molecule has 5 nitrogen and oxygen atoms in total. The van der Waals surface area contributed by atoms with Crippen LogP contribution in [-0.4, -0.2) is 18.5 Å². The SMILES string of the molecule is COC1=C(Br)C(=NC#N)C=CC1=NC#N. The second kappa shape index (κ2) is 5.08. The van der Waals surface area contributed by atoms with E-state index in [4.69, 9.17) is 15.3 Å². The Morgan fingerprint density at radius 3 is 2.27 bits per heavy atom. The van der Waals surface area contributed by atoms with Gasteiger partial charge >= 0.3 is 0 Å². The summed E-state index contributed by atoms with van der Waals surface area (Å²) in [6, 6.07) is 0. The van der Waals surface area contributed by atoms with Gasteiger partial charge in [-0.1, -0.05) is 0 Å². The molecule has 1 aliphatic rings. The Hall–Kier alpha value is -1.92. The van der Waals surface area contributed by atoms with Crippen LogP contribution in [0.2, 0.25) is 0 Å². The van der Waals surface area contributed by atoms with E-state index < -0.39 is 0 Å². The first kappa shape index (κ1) is 11.2. The third-order valence-electron chi connectivity index (χ3n) is 1.60. The van der Waals surface area contributed by atoms with Gasteiger partial charge in [0.25, 0.3) is 0 Å². The molecule has 0 heterocycles. The summed E-state index contributed by atoms with van der Waals surface area (Å²) in [6.45, 7) is 0. The highest BCUT2D eigenvalue weighted by atomic mass is 79.9. The minimum atomic E-state index is 0.382. The highest BCUT2D eigenvalue weighted by Crippen LogP contribution is 2.22. The average molecular weight is 265 g/mol. The van der Waals surface area contributed by atoms with Crippen molar-refractivity contribution in [1.29, 1.82) is 10.5 Å². The Kier molecular flexibility index (Phi) is 3.78. The van der Waals surface area contributed by atoms with E-state index in [-0.39, 0.29) is 0 Å². The molecule has 0 bridgehead atoms. The van der Waals surface area contributed by atoms with Gasteiger partial charge in [-0.3, -0.25) is 0 Å². The molecule has 0 unspecified atom stereocenters. The van der Waals surface area contributed by atoms with Crippen LogP contribution in [0, 0.1) is 22.9 Å². The first-order valence-electron chi connectivity index (χ1n) is 3.80. The monoisotopic (exact) mass is 264 g/mol. The van der Waals surface area contributed by atoms with Gasteiger partial charge in [-0.2, -0.15) is 20.5 Å². The van der Waals surface area contributed by atoms with E-state index in [0.29, 0.717) is 21.7 Å². The highest BCUT2D eigenvalue weighted by Gasteiger charge is 2.18. The summed E-state index contributed by atoms with van der Waals surface area (Å²) < 4.78 is 5.56. The van der Waals surface area contributed by atoms with Crippen molar-refractivity contribution in [1.82, 2.24) is 0 Å². The van der Waals surface area contributed by atoms with Crippen molar-refractivity contribution in [3.8, 4) is 12.4 Å². The van der Waals surface area contributed by atoms with E-state index in [1.165, 1.54) is 7.11 Å². The number of rotatable bonds is 1. The van der Waals surface area contributed by atoms with E-state index in [1.807, 2.05) is 0 Å². The maximum atomic E-state index is 8.44. The van der Waals surface area contributed by atoms with Gasteiger partial charge in [0.2, 0.25) is 12.4 Å².